The molecule has 0 spiro atoms. The van der Waals surface area contributed by atoms with E-state index < -0.39 is 0 Å². The molecule has 0 aliphatic carbocycles. The van der Waals surface area contributed by atoms with Crippen molar-refractivity contribution in [1.82, 2.24) is 0 Å². The van der Waals surface area contributed by atoms with Crippen LogP contribution in [0.3, 0.4) is 0 Å². The summed E-state index contributed by atoms with van der Waals surface area (Å²) in [6, 6.07) is 0. The Kier molecular flexibility index (Phi) is 20.3. The van der Waals surface area contributed by atoms with Gasteiger partial charge in [-0.15, -0.1) is 0 Å². The minimum absolute atomic E-state index is 0.209. The van der Waals surface area contributed by atoms with E-state index in [-0.39, 0.29) is 5.24 Å². The minimum Gasteiger partial charge on any atom is -0.281 e. The first-order chi connectivity index (χ1) is 12.3. The van der Waals surface area contributed by atoms with Crippen molar-refractivity contribution >= 4 is 16.8 Å². The van der Waals surface area contributed by atoms with Crippen LogP contribution in [-0.4, -0.2) is 5.24 Å². The van der Waals surface area contributed by atoms with E-state index in [0.717, 1.165) is 32.1 Å². The minimum atomic E-state index is -0.209. The van der Waals surface area contributed by atoms with Crippen molar-refractivity contribution in [3.8, 4) is 23.7 Å². The zero-order valence-corrected chi connectivity index (χ0v) is 17.1. The first-order valence-electron chi connectivity index (χ1n) is 10.4. The fourth-order valence-electron chi connectivity index (χ4n) is 2.75. The van der Waals surface area contributed by atoms with Gasteiger partial charge in [0.2, 0.25) is 5.24 Å². The number of hydrogen-bond acceptors (Lipinski definition) is 1. The van der Waals surface area contributed by atoms with Crippen LogP contribution in [0.5, 0.6) is 0 Å². The zero-order chi connectivity index (χ0) is 18.4. The van der Waals surface area contributed by atoms with E-state index in [1.54, 1.807) is 0 Å². The highest BCUT2D eigenvalue weighted by Gasteiger charge is 1.95. The second-order valence-corrected chi connectivity index (χ2v) is 7.23. The van der Waals surface area contributed by atoms with Gasteiger partial charge in [0, 0.05) is 19.3 Å². The Hall–Kier alpha value is -0.920. The maximum atomic E-state index is 10.6. The third kappa shape index (κ3) is 23.1. The van der Waals surface area contributed by atoms with Gasteiger partial charge >= 0.3 is 0 Å². The van der Waals surface area contributed by atoms with E-state index in [9.17, 15) is 4.79 Å². The smallest absolute Gasteiger partial charge is 0.221 e. The van der Waals surface area contributed by atoms with Crippen molar-refractivity contribution in [3.63, 3.8) is 0 Å². The van der Waals surface area contributed by atoms with Crippen LogP contribution in [0.2, 0.25) is 0 Å². The van der Waals surface area contributed by atoms with Crippen LogP contribution in [0.15, 0.2) is 0 Å². The number of unbranched alkanes of at least 4 members (excludes halogenated alkanes) is 14. The molecule has 0 fully saturated rings. The van der Waals surface area contributed by atoms with Crippen molar-refractivity contribution in [3.05, 3.63) is 0 Å². The van der Waals surface area contributed by atoms with Crippen molar-refractivity contribution in [2.24, 2.45) is 0 Å². The summed E-state index contributed by atoms with van der Waals surface area (Å²) in [5.41, 5.74) is 0. The molecule has 0 N–H and O–H groups in total. The molecule has 0 aromatic carbocycles. The maximum Gasteiger partial charge on any atom is 0.221 e. The highest BCUT2D eigenvalue weighted by Crippen LogP contribution is 2.10. The maximum absolute atomic E-state index is 10.6. The Morgan fingerprint density at radius 2 is 1.04 bits per heavy atom. The molecule has 0 aromatic heterocycles. The highest BCUT2D eigenvalue weighted by molar-refractivity contribution is 6.63. The van der Waals surface area contributed by atoms with Crippen LogP contribution in [0.25, 0.3) is 0 Å². The zero-order valence-electron chi connectivity index (χ0n) is 16.3. The van der Waals surface area contributed by atoms with Crippen LogP contribution >= 0.6 is 11.6 Å². The molecule has 142 valence electrons. The Labute approximate surface area is 161 Å². The fourth-order valence-corrected chi connectivity index (χ4v) is 2.88. The molecule has 0 saturated heterocycles. The molecule has 25 heavy (non-hydrogen) atoms. The predicted molar refractivity (Wildman–Crippen MR) is 111 cm³/mol. The molecule has 0 atom stereocenters. The first-order valence-corrected chi connectivity index (χ1v) is 10.8. The lowest BCUT2D eigenvalue weighted by Gasteiger charge is -1.98. The SMILES string of the molecule is CCCCCCCCCCC#CC#CCCCCCCCCC(=O)Cl. The van der Waals surface area contributed by atoms with Crippen molar-refractivity contribution in [2.45, 2.75) is 116 Å². The Morgan fingerprint density at radius 3 is 1.48 bits per heavy atom. The van der Waals surface area contributed by atoms with Gasteiger partial charge in [-0.25, -0.2) is 0 Å². The highest BCUT2D eigenvalue weighted by atomic mass is 35.5. The Balaban J connectivity index is 3.26. The van der Waals surface area contributed by atoms with Gasteiger partial charge in [0.25, 0.3) is 0 Å². The van der Waals surface area contributed by atoms with Gasteiger partial charge in [-0.2, -0.15) is 0 Å². The summed E-state index contributed by atoms with van der Waals surface area (Å²) in [6.45, 7) is 2.26. The predicted octanol–water partition coefficient (Wildman–Crippen LogP) is 7.41. The van der Waals surface area contributed by atoms with Crippen LogP contribution < -0.4 is 0 Å². The third-order valence-electron chi connectivity index (χ3n) is 4.32. The van der Waals surface area contributed by atoms with Gasteiger partial charge in [-0.05, 0) is 42.7 Å². The van der Waals surface area contributed by atoms with Crippen LogP contribution in [-0.2, 0) is 4.79 Å². The average Bonchev–Trinajstić information content (AvgIpc) is 2.60. The number of halogens is 1. The van der Waals surface area contributed by atoms with Gasteiger partial charge in [-0.1, -0.05) is 89.4 Å². The molecule has 0 rings (SSSR count). The summed E-state index contributed by atoms with van der Waals surface area (Å²) in [4.78, 5) is 10.6. The quantitative estimate of drug-likeness (QED) is 0.158. The first kappa shape index (κ1) is 24.1. The van der Waals surface area contributed by atoms with Gasteiger partial charge in [0.05, 0.1) is 0 Å². The molecule has 0 bridgehead atoms. The van der Waals surface area contributed by atoms with E-state index >= 15 is 0 Å². The molecule has 1 nitrogen and oxygen atoms in total. The topological polar surface area (TPSA) is 17.1 Å². The number of hydrogen-bond donors (Lipinski definition) is 0. The molecule has 2 heteroatoms. The summed E-state index contributed by atoms with van der Waals surface area (Å²) in [5.74, 6) is 12.3. The van der Waals surface area contributed by atoms with E-state index in [4.69, 9.17) is 11.6 Å². The largest absolute Gasteiger partial charge is 0.281 e. The van der Waals surface area contributed by atoms with Crippen molar-refractivity contribution < 1.29 is 4.79 Å². The Morgan fingerprint density at radius 1 is 0.640 bits per heavy atom. The second-order valence-electron chi connectivity index (χ2n) is 6.80. The van der Waals surface area contributed by atoms with Crippen LogP contribution in [0, 0.1) is 23.7 Å². The molecular formula is C23H37ClO. The molecule has 0 heterocycles. The standard InChI is InChI=1S/C23H37ClO/c1-2-3-4-5-6-7-8-9-10-11-12-13-14-15-16-17-18-19-20-21-22-23(24)25/h2-10,15-22H2,1H3. The van der Waals surface area contributed by atoms with Gasteiger partial charge in [0.15, 0.2) is 0 Å². The molecule has 0 aliphatic rings. The number of carbonyl (C=O) groups is 1. The lowest BCUT2D eigenvalue weighted by atomic mass is 10.1. The molecular weight excluding hydrogens is 328 g/mol. The van der Waals surface area contributed by atoms with E-state index in [2.05, 4.69) is 30.6 Å². The molecule has 0 aliphatic heterocycles. The average molecular weight is 365 g/mol. The van der Waals surface area contributed by atoms with E-state index in [0.29, 0.717) is 6.42 Å². The molecule has 0 unspecified atom stereocenters. The molecule has 0 radical (unpaired) electrons. The Bertz CT molecular complexity index is 419. The summed E-state index contributed by atoms with van der Waals surface area (Å²) < 4.78 is 0. The third-order valence-corrected chi connectivity index (χ3v) is 4.51. The summed E-state index contributed by atoms with van der Waals surface area (Å²) in [6.07, 6.45) is 20.1. The van der Waals surface area contributed by atoms with E-state index in [1.807, 2.05) is 0 Å². The lowest BCUT2D eigenvalue weighted by Crippen LogP contribution is -1.86. The normalized spacial score (nSPS) is 9.84. The van der Waals surface area contributed by atoms with Crippen LogP contribution in [0.1, 0.15) is 116 Å². The second kappa shape index (κ2) is 21.1. The number of carbonyl (C=O) groups excluding carboxylic acids is 1. The van der Waals surface area contributed by atoms with Crippen LogP contribution in [0.4, 0.5) is 0 Å². The summed E-state index contributed by atoms with van der Waals surface area (Å²) in [5, 5.41) is -0.209. The monoisotopic (exact) mass is 364 g/mol. The van der Waals surface area contributed by atoms with Gasteiger partial charge in [-0.3, -0.25) is 4.79 Å². The van der Waals surface area contributed by atoms with Gasteiger partial charge < -0.3 is 0 Å². The summed E-state index contributed by atoms with van der Waals surface area (Å²) >= 11 is 5.30. The number of rotatable bonds is 16. The summed E-state index contributed by atoms with van der Waals surface area (Å²) in [7, 11) is 0. The van der Waals surface area contributed by atoms with E-state index in [1.165, 1.54) is 70.6 Å². The molecule has 0 aromatic rings. The molecule has 0 saturated carbocycles. The van der Waals surface area contributed by atoms with Gasteiger partial charge in [0.1, 0.15) is 0 Å². The molecule has 0 amide bonds. The van der Waals surface area contributed by atoms with Crippen molar-refractivity contribution in [2.75, 3.05) is 0 Å². The van der Waals surface area contributed by atoms with Crippen molar-refractivity contribution in [1.29, 1.82) is 0 Å². The fraction of sp³-hybridized carbons (Fsp3) is 0.783. The lowest BCUT2D eigenvalue weighted by molar-refractivity contribution is -0.111.